The van der Waals surface area contributed by atoms with Crippen molar-refractivity contribution >= 4 is 213 Å². The molecule has 12 aromatic heterocycles. The first-order chi connectivity index (χ1) is 62.8. The number of ether oxygens (including phenoxy) is 7. The minimum Gasteiger partial charge on any atom is -0.398 e. The quantitative estimate of drug-likeness (QED) is 0.0840. The lowest BCUT2D eigenvalue weighted by Gasteiger charge is -2.33. The molecule has 0 spiro atoms. The normalized spacial score (nSPS) is 36.9. The molecule has 706 valence electrons. The second-order valence-corrected chi connectivity index (χ2v) is 48.2. The first-order valence-electron chi connectivity index (χ1n) is 39.6. The molecule has 53 nitrogen and oxygen atoms in total. The van der Waals surface area contributed by atoms with E-state index in [0.29, 0.717) is 39.5 Å². The second kappa shape index (κ2) is 35.3. The van der Waals surface area contributed by atoms with Gasteiger partial charge in [-0.2, -0.15) is 15.0 Å². The van der Waals surface area contributed by atoms with Crippen LogP contribution in [0.3, 0.4) is 0 Å². The van der Waals surface area contributed by atoms with E-state index >= 15 is 4.39 Å². The van der Waals surface area contributed by atoms with Gasteiger partial charge in [0.15, 0.2) is 70.2 Å². The number of fused-ring (bicyclic) bond motifs is 14. The Hall–Kier alpha value is -7.35. The van der Waals surface area contributed by atoms with Gasteiger partial charge < -0.3 is 137 Å². The SMILES string of the molecule is Nc1nc2c(ncn2[C@@H]2O[C@@H]3COP(O)(=S)O[C@H]4C[C@H](n5ccc6c(N)ccnc65)OC4COP(=O)(S)O[C@@H]2C3)c(=O)[nH]1.Nc1nc2c(ncn2[C@@H]2O[C@@H]3COP(O)(=S)O[C@H]4C[C@H](n5ccc6c(N)ccnc65)OC4COP(O)(=S)O[C@@H]2C3)c(=O)[nH]1.Nc1nc2c(ncn2[C@@H]2O[C@@H]3COP(O)(=S)O[C@H]4[C@H]5OC[C@]4(COP(O)(=S)O[C@@H]2[C@H]3F)O[C@H]5n2cnc3c(N)ccnc32)c(=O)[nH]1. The van der Waals surface area contributed by atoms with E-state index < -0.39 is 193 Å². The van der Waals surface area contributed by atoms with Crippen LogP contribution < -0.4 is 51.1 Å². The summed E-state index contributed by atoms with van der Waals surface area (Å²) < 4.78 is 151. The van der Waals surface area contributed by atoms with Gasteiger partial charge in [0.1, 0.15) is 83.7 Å². The van der Waals surface area contributed by atoms with Crippen molar-refractivity contribution in [1.29, 1.82) is 0 Å². The summed E-state index contributed by atoms with van der Waals surface area (Å²) in [5.41, 5.74) is 35.8. The second-order valence-electron chi connectivity index (χ2n) is 31.4. The van der Waals surface area contributed by atoms with Crippen molar-refractivity contribution < 1.29 is 121 Å². The van der Waals surface area contributed by atoms with Gasteiger partial charge in [-0.3, -0.25) is 65.7 Å². The van der Waals surface area contributed by atoms with Crippen LogP contribution in [0.5, 0.6) is 0 Å². The van der Waals surface area contributed by atoms with Crippen LogP contribution in [0.1, 0.15) is 63.1 Å². The molecule has 12 aromatic rings. The number of rotatable bonds is 6. The van der Waals surface area contributed by atoms with Gasteiger partial charge in [-0.25, -0.2) is 43.8 Å². The number of nitrogens with two attached hydrogens (primary N) is 6. The molecule has 22 rings (SSSR count). The van der Waals surface area contributed by atoms with E-state index in [1.165, 1.54) is 45.2 Å². The van der Waals surface area contributed by atoms with Gasteiger partial charge in [0.05, 0.1) is 102 Å². The topological polar surface area (TPSA) is 707 Å². The molecule has 8 unspecified atom stereocenters. The van der Waals surface area contributed by atoms with E-state index in [1.54, 1.807) is 56.7 Å². The highest BCUT2D eigenvalue weighted by Gasteiger charge is 2.66. The number of alkyl halides is 1. The van der Waals surface area contributed by atoms with Crippen LogP contribution in [-0.4, -0.2) is 248 Å². The van der Waals surface area contributed by atoms with Crippen molar-refractivity contribution in [3.8, 4) is 0 Å². The number of H-pyrrole nitrogens is 3. The van der Waals surface area contributed by atoms with E-state index in [2.05, 4.69) is 77.0 Å². The number of aromatic nitrogens is 19. The maximum atomic E-state index is 16.0. The fraction of sp³-hybridized carbons (Fsp3) is 0.470. The summed E-state index contributed by atoms with van der Waals surface area (Å²) in [6.07, 6.45) is -4.65. The van der Waals surface area contributed by atoms with E-state index in [4.69, 9.17) is 181 Å². The van der Waals surface area contributed by atoms with E-state index in [-0.39, 0.29) is 110 Å². The molecule has 0 amide bonds. The zero-order chi connectivity index (χ0) is 92.4. The largest absolute Gasteiger partial charge is 0.398 e. The van der Waals surface area contributed by atoms with Crippen LogP contribution >= 0.6 is 52.6 Å². The molecule has 10 fully saturated rings. The first-order valence-corrected chi connectivity index (χ1v) is 55.2. The molecular weight excluding hydrogens is 1990 g/mol. The third-order valence-electron chi connectivity index (χ3n) is 22.8. The van der Waals surface area contributed by atoms with Crippen LogP contribution in [0.25, 0.3) is 66.7 Å². The minimum absolute atomic E-state index is 0.0163. The number of nitrogens with one attached hydrogen (secondary N) is 3. The Bertz CT molecular complexity index is 6800. The number of nitrogens with zero attached hydrogens (tertiary/aromatic N) is 16. The van der Waals surface area contributed by atoms with Crippen LogP contribution in [0.2, 0.25) is 0 Å². The lowest BCUT2D eigenvalue weighted by atomic mass is 10.0. The van der Waals surface area contributed by atoms with Gasteiger partial charge in [0, 0.05) is 78.8 Å². The molecule has 0 saturated carbocycles. The van der Waals surface area contributed by atoms with Crippen molar-refractivity contribution in [2.24, 2.45) is 0 Å². The summed E-state index contributed by atoms with van der Waals surface area (Å²) >= 11 is 30.9. The number of anilines is 6. The van der Waals surface area contributed by atoms with Gasteiger partial charge in [0.2, 0.25) is 17.8 Å². The third-order valence-corrected chi connectivity index (χ3v) is 32.3. The number of thiol groups is 1. The van der Waals surface area contributed by atoms with Gasteiger partial charge in [-0.1, -0.05) is 12.2 Å². The smallest absolute Gasteiger partial charge is 0.386 e. The Kier molecular flexibility index (Phi) is 24.7. The van der Waals surface area contributed by atoms with Crippen molar-refractivity contribution in [2.75, 3.05) is 80.7 Å². The summed E-state index contributed by atoms with van der Waals surface area (Å²) in [4.78, 5) is 142. The Balaban J connectivity index is 0.000000123. The lowest BCUT2D eigenvalue weighted by Crippen LogP contribution is -2.45. The lowest BCUT2D eigenvalue weighted by molar-refractivity contribution is -0.183. The van der Waals surface area contributed by atoms with Crippen LogP contribution in [0, 0.1) is 0 Å². The van der Waals surface area contributed by atoms with E-state index in [1.807, 2.05) is 12.1 Å². The molecule has 0 aromatic carbocycles. The number of hydrogen-bond donors (Lipinski definition) is 15. The molecule has 10 aliphatic rings. The molecule has 26 atom stereocenters. The Labute approximate surface area is 768 Å². The maximum Gasteiger partial charge on any atom is 0.386 e. The molecule has 20 N–H and O–H groups in total. The zero-order valence-electron chi connectivity index (χ0n) is 67.1. The van der Waals surface area contributed by atoms with Gasteiger partial charge in [-0.05, 0) is 89.4 Å². The standard InChI is InChI=1S/C22H24FN9O10P2S2.2C22H26N8O9P2S2/c23-10-9-3-37-43(34,45)42-15-14-20(31-6-27-11-8(24)1-2-26-16(11)31)40-22(15,4-36-14)5-38-44(35,46)41-13(10)19(39-9)32-7-28-12-17(32)29-21(25)30-18(12)33;2*23-12-1-3-25-18-11(12)2-4-29(18)16-6-13-15(37-16)8-35-41(33,43)39-14-5-10(7-34-40(32,42)38-13)36-21(14)30-9-26-17-19(30)27-22(24)28-20(17)31/h1-2,6-7,9-10,13-15,19-20H,3-5H2,(H2,24,26)(H,34,45)(H,35,46)(H3,25,29,30,33);2*1-4,9-10,13-16,21H,5-8H2,(H2,23,25)(H,32,42)(H,33,43)(H3,24,27,28,31)/t9-,10+,13-,14-,15+,19-,20-,22-,43?,44?;2*10-,13-,14+,15?,16+,21+,40?,41?/m100/s1. The number of halogens is 1. The predicted molar refractivity (Wildman–Crippen MR) is 477 cm³/mol. The van der Waals surface area contributed by atoms with Crippen molar-refractivity contribution in [3.63, 3.8) is 0 Å². The zero-order valence-corrected chi connectivity index (χ0v) is 77.5. The van der Waals surface area contributed by atoms with E-state index in [0.717, 1.165) is 10.8 Å². The molecule has 22 heterocycles. The number of imidazole rings is 4. The van der Waals surface area contributed by atoms with Crippen LogP contribution in [0.15, 0.2) is 101 Å². The average Bonchev–Trinajstić information content (AvgIpc) is 1.55. The molecular formula is C66H76FN25O28P6S6. The Morgan fingerprint density at radius 1 is 0.417 bits per heavy atom. The van der Waals surface area contributed by atoms with E-state index in [9.17, 15) is 43.4 Å². The number of hydrogen-bond acceptors (Lipinski definition) is 44. The third kappa shape index (κ3) is 18.1. The van der Waals surface area contributed by atoms with Crippen LogP contribution in [0.4, 0.5) is 39.3 Å². The molecule has 0 aliphatic carbocycles. The summed E-state index contributed by atoms with van der Waals surface area (Å²) in [6, 6.07) is 8.63. The van der Waals surface area contributed by atoms with Gasteiger partial charge >= 0.3 is 40.4 Å². The average molecular weight is 2060 g/mol. The summed E-state index contributed by atoms with van der Waals surface area (Å²) in [5.74, 6) is -0.484. The summed E-state index contributed by atoms with van der Waals surface area (Å²) in [5, 5.41) is 1.49. The van der Waals surface area contributed by atoms with Crippen molar-refractivity contribution in [1.82, 2.24) is 92.2 Å². The molecule has 10 aliphatic heterocycles. The maximum absolute atomic E-state index is 16.0. The summed E-state index contributed by atoms with van der Waals surface area (Å²) in [7, 11) is 0. The number of aromatic amines is 3. The Morgan fingerprint density at radius 3 is 1.34 bits per heavy atom. The van der Waals surface area contributed by atoms with Gasteiger partial charge in [-0.15, -0.1) is 0 Å². The van der Waals surface area contributed by atoms with Crippen molar-refractivity contribution in [3.05, 3.63) is 118 Å². The predicted octanol–water partition coefficient (Wildman–Crippen LogP) is 3.02. The number of nitrogen functional groups attached to an aromatic ring is 6. The first kappa shape index (κ1) is 92.4. The monoisotopic (exact) mass is 2060 g/mol. The van der Waals surface area contributed by atoms with Gasteiger partial charge in [0.25, 0.3) is 16.7 Å². The summed E-state index contributed by atoms with van der Waals surface area (Å²) in [6.45, 7) is -26.1. The molecule has 132 heavy (non-hydrogen) atoms. The highest BCUT2D eigenvalue weighted by molar-refractivity contribution is 8.44. The highest BCUT2D eigenvalue weighted by Crippen LogP contribution is 2.62. The molecule has 0 radical (unpaired) electrons. The van der Waals surface area contributed by atoms with Crippen LogP contribution in [-0.2, 0) is 151 Å². The Morgan fingerprint density at radius 2 is 0.833 bits per heavy atom. The minimum atomic E-state index is -4.29. The molecule has 66 heteroatoms. The molecule has 8 bridgehead atoms. The number of pyridine rings is 3. The fourth-order valence-electron chi connectivity index (χ4n) is 17.0. The molecule has 10 saturated heterocycles. The highest BCUT2D eigenvalue weighted by atomic mass is 32.7. The fourth-order valence-corrected chi connectivity index (χ4v) is 25.8. The van der Waals surface area contributed by atoms with Crippen molar-refractivity contribution in [2.45, 2.75) is 148 Å².